The minimum atomic E-state index is -0.0404. The van der Waals surface area contributed by atoms with Crippen molar-refractivity contribution < 1.29 is 0 Å². The topological polar surface area (TPSA) is 52.2 Å². The van der Waals surface area contributed by atoms with Gasteiger partial charge in [-0.2, -0.15) is 0 Å². The highest BCUT2D eigenvalue weighted by Crippen LogP contribution is 2.28. The van der Waals surface area contributed by atoms with Gasteiger partial charge in [-0.25, -0.2) is 0 Å². The Labute approximate surface area is 179 Å². The van der Waals surface area contributed by atoms with Crippen LogP contribution in [0.3, 0.4) is 0 Å². The van der Waals surface area contributed by atoms with Crippen molar-refractivity contribution in [1.82, 2.24) is 19.2 Å². The fourth-order valence-electron chi connectivity index (χ4n) is 3.26. The van der Waals surface area contributed by atoms with Gasteiger partial charge in [-0.1, -0.05) is 71.9 Å². The molecule has 0 aliphatic heterocycles. The Hall–Kier alpha value is -2.61. The molecule has 3 heterocycles. The summed E-state index contributed by atoms with van der Waals surface area (Å²) in [4.78, 5) is 13.1. The lowest BCUT2D eigenvalue weighted by Crippen LogP contribution is -2.23. The number of fused-ring (bicyclic) bond motifs is 3. The van der Waals surface area contributed by atoms with Crippen LogP contribution in [0.2, 0.25) is 5.02 Å². The number of nitrogens with zero attached hydrogens (tertiary/aromatic N) is 4. The van der Waals surface area contributed by atoms with E-state index in [4.69, 9.17) is 11.6 Å². The van der Waals surface area contributed by atoms with Gasteiger partial charge >= 0.3 is 0 Å². The molecular formula is C21H15ClN4OS2. The smallest absolute Gasteiger partial charge is 0.271 e. The molecule has 2 aromatic carbocycles. The maximum atomic E-state index is 13.1. The second-order valence-corrected chi connectivity index (χ2v) is 8.78. The Kier molecular flexibility index (Phi) is 4.87. The molecule has 0 bridgehead atoms. The van der Waals surface area contributed by atoms with Crippen LogP contribution in [0.15, 0.2) is 76.0 Å². The lowest BCUT2D eigenvalue weighted by molar-refractivity contribution is 0.765. The predicted molar refractivity (Wildman–Crippen MR) is 119 cm³/mol. The van der Waals surface area contributed by atoms with Crippen molar-refractivity contribution in [2.75, 3.05) is 0 Å². The van der Waals surface area contributed by atoms with Crippen molar-refractivity contribution in [3.8, 4) is 0 Å². The van der Waals surface area contributed by atoms with Crippen LogP contribution < -0.4 is 5.56 Å². The molecule has 0 atom stereocenters. The molecule has 5 nitrogen and oxygen atoms in total. The summed E-state index contributed by atoms with van der Waals surface area (Å²) in [5, 5.41) is 12.2. The first-order valence-corrected chi connectivity index (χ1v) is 11.2. The zero-order chi connectivity index (χ0) is 19.8. The standard InChI is InChI=1S/C21H15ClN4OS2/c22-16-9-5-4-8-15(16)13-29-21-24-23-20-25(12-14-6-2-1-3-7-14)19(27)18-17(26(20)21)10-11-28-18/h1-11H,12-13H2. The van der Waals surface area contributed by atoms with E-state index in [-0.39, 0.29) is 5.56 Å². The largest absolute Gasteiger partial charge is 0.273 e. The summed E-state index contributed by atoms with van der Waals surface area (Å²) < 4.78 is 4.37. The Morgan fingerprint density at radius 2 is 1.79 bits per heavy atom. The van der Waals surface area contributed by atoms with E-state index in [0.29, 0.717) is 22.8 Å². The fourth-order valence-corrected chi connectivity index (χ4v) is 5.31. The number of hydrogen-bond donors (Lipinski definition) is 0. The van der Waals surface area contributed by atoms with E-state index in [1.54, 1.807) is 16.3 Å². The molecule has 0 fully saturated rings. The molecule has 0 spiro atoms. The first-order chi connectivity index (χ1) is 14.2. The van der Waals surface area contributed by atoms with Crippen LogP contribution in [0.1, 0.15) is 11.1 Å². The van der Waals surface area contributed by atoms with Gasteiger partial charge in [-0.05, 0) is 28.6 Å². The van der Waals surface area contributed by atoms with Gasteiger partial charge in [0.2, 0.25) is 5.78 Å². The monoisotopic (exact) mass is 438 g/mol. The molecule has 0 saturated heterocycles. The first kappa shape index (κ1) is 18.4. The summed E-state index contributed by atoms with van der Waals surface area (Å²) in [7, 11) is 0. The van der Waals surface area contributed by atoms with E-state index < -0.39 is 0 Å². The van der Waals surface area contributed by atoms with E-state index in [1.807, 2.05) is 70.4 Å². The molecule has 3 aromatic heterocycles. The molecule has 0 amide bonds. The van der Waals surface area contributed by atoms with Crippen molar-refractivity contribution >= 4 is 50.7 Å². The lowest BCUT2D eigenvalue weighted by Gasteiger charge is -2.09. The highest BCUT2D eigenvalue weighted by atomic mass is 35.5. The zero-order valence-electron chi connectivity index (χ0n) is 15.2. The number of rotatable bonds is 5. The van der Waals surface area contributed by atoms with E-state index >= 15 is 0 Å². The average Bonchev–Trinajstić information content (AvgIpc) is 3.38. The average molecular weight is 439 g/mol. The minimum Gasteiger partial charge on any atom is -0.271 e. The van der Waals surface area contributed by atoms with Gasteiger partial charge in [0, 0.05) is 10.8 Å². The second-order valence-electron chi connectivity index (χ2n) is 6.51. The summed E-state index contributed by atoms with van der Waals surface area (Å²) in [6, 6.07) is 19.6. The summed E-state index contributed by atoms with van der Waals surface area (Å²) in [5.74, 6) is 1.22. The fraction of sp³-hybridized carbons (Fsp3) is 0.0952. The first-order valence-electron chi connectivity index (χ1n) is 8.97. The van der Waals surface area contributed by atoms with Gasteiger partial charge in [0.1, 0.15) is 4.70 Å². The molecule has 0 radical (unpaired) electrons. The third-order valence-electron chi connectivity index (χ3n) is 4.68. The highest BCUT2D eigenvalue weighted by Gasteiger charge is 2.18. The van der Waals surface area contributed by atoms with Crippen molar-refractivity contribution in [2.45, 2.75) is 17.5 Å². The van der Waals surface area contributed by atoms with Crippen LogP contribution in [-0.2, 0) is 12.3 Å². The lowest BCUT2D eigenvalue weighted by atomic mass is 10.2. The predicted octanol–water partition coefficient (Wildman–Crippen LogP) is 5.10. The molecule has 8 heteroatoms. The van der Waals surface area contributed by atoms with Crippen LogP contribution in [-0.4, -0.2) is 19.2 Å². The summed E-state index contributed by atoms with van der Waals surface area (Å²) in [6.45, 7) is 0.449. The molecule has 144 valence electrons. The number of thioether (sulfide) groups is 1. The van der Waals surface area contributed by atoms with E-state index in [9.17, 15) is 4.79 Å². The molecule has 0 N–H and O–H groups in total. The van der Waals surface area contributed by atoms with Crippen LogP contribution in [0.4, 0.5) is 0 Å². The van der Waals surface area contributed by atoms with Crippen LogP contribution >= 0.6 is 34.7 Å². The number of hydrogen-bond acceptors (Lipinski definition) is 5. The molecule has 29 heavy (non-hydrogen) atoms. The van der Waals surface area contributed by atoms with Crippen LogP contribution in [0, 0.1) is 0 Å². The Bertz CT molecular complexity index is 1370. The van der Waals surface area contributed by atoms with E-state index in [0.717, 1.165) is 26.8 Å². The molecule has 0 unspecified atom stereocenters. The number of aromatic nitrogens is 4. The molecule has 5 rings (SSSR count). The van der Waals surface area contributed by atoms with Crippen molar-refractivity contribution in [2.24, 2.45) is 0 Å². The van der Waals surface area contributed by atoms with E-state index in [2.05, 4.69) is 10.2 Å². The molecule has 0 aliphatic rings. The van der Waals surface area contributed by atoms with Crippen LogP contribution in [0.5, 0.6) is 0 Å². The van der Waals surface area contributed by atoms with Gasteiger partial charge in [0.05, 0.1) is 12.1 Å². The molecule has 0 aliphatic carbocycles. The SMILES string of the molecule is O=c1c2sccc2n2c(SCc3ccccc3Cl)nnc2n1Cc1ccccc1. The van der Waals surface area contributed by atoms with E-state index in [1.165, 1.54) is 11.3 Å². The minimum absolute atomic E-state index is 0.0404. The summed E-state index contributed by atoms with van der Waals surface area (Å²) in [6.07, 6.45) is 0. The van der Waals surface area contributed by atoms with Crippen molar-refractivity contribution in [3.05, 3.63) is 92.5 Å². The van der Waals surface area contributed by atoms with Gasteiger partial charge < -0.3 is 0 Å². The molecule has 5 aromatic rings. The maximum Gasteiger partial charge on any atom is 0.273 e. The zero-order valence-corrected chi connectivity index (χ0v) is 17.5. The Balaban J connectivity index is 1.62. The van der Waals surface area contributed by atoms with Gasteiger partial charge in [0.15, 0.2) is 5.16 Å². The third-order valence-corrected chi connectivity index (χ3v) is 6.92. The maximum absolute atomic E-state index is 13.1. The highest BCUT2D eigenvalue weighted by molar-refractivity contribution is 7.98. The quantitative estimate of drug-likeness (QED) is 0.358. The number of thiophene rings is 1. The van der Waals surface area contributed by atoms with Gasteiger partial charge in [0.25, 0.3) is 5.56 Å². The number of halogens is 1. The third kappa shape index (κ3) is 3.35. The normalized spacial score (nSPS) is 11.5. The van der Waals surface area contributed by atoms with Crippen LogP contribution in [0.25, 0.3) is 16.0 Å². The van der Waals surface area contributed by atoms with Crippen molar-refractivity contribution in [3.63, 3.8) is 0 Å². The summed E-state index contributed by atoms with van der Waals surface area (Å²) in [5.41, 5.74) is 2.88. The Morgan fingerprint density at radius 3 is 2.62 bits per heavy atom. The molecular weight excluding hydrogens is 424 g/mol. The Morgan fingerprint density at radius 1 is 1.00 bits per heavy atom. The van der Waals surface area contributed by atoms with Gasteiger partial charge in [-0.3, -0.25) is 13.8 Å². The number of benzene rings is 2. The van der Waals surface area contributed by atoms with Crippen molar-refractivity contribution in [1.29, 1.82) is 0 Å². The van der Waals surface area contributed by atoms with Gasteiger partial charge in [-0.15, -0.1) is 21.5 Å². The second kappa shape index (κ2) is 7.67. The summed E-state index contributed by atoms with van der Waals surface area (Å²) >= 11 is 9.30. The molecule has 0 saturated carbocycles.